The third-order valence-corrected chi connectivity index (χ3v) is 8.49. The number of ether oxygens (including phenoxy) is 1. The first-order valence-electron chi connectivity index (χ1n) is 11.5. The maximum absolute atomic E-state index is 12.7. The van der Waals surface area contributed by atoms with Gasteiger partial charge in [-0.3, -0.25) is 0 Å². The van der Waals surface area contributed by atoms with Gasteiger partial charge in [0.05, 0.1) is 28.3 Å². The molecule has 0 unspecified atom stereocenters. The Bertz CT molecular complexity index is 1150. The third kappa shape index (κ3) is 2.90. The number of carbonyl (C=O) groups is 1. The zero-order chi connectivity index (χ0) is 22.0. The number of allylic oxidation sites excluding steroid dienone is 4. The van der Waals surface area contributed by atoms with Crippen LogP contribution in [0.25, 0.3) is 0 Å². The Labute approximate surface area is 198 Å². The Hall–Kier alpha value is -2.23. The van der Waals surface area contributed by atoms with Gasteiger partial charge in [-0.25, -0.2) is 4.79 Å². The van der Waals surface area contributed by atoms with Gasteiger partial charge in [0.2, 0.25) is 0 Å². The number of carbonyl (C=O) groups excluding carboxylic acids is 1. The molecular weight excluding hydrogens is 441 g/mol. The van der Waals surface area contributed by atoms with Crippen LogP contribution in [0.5, 0.6) is 0 Å². The lowest BCUT2D eigenvalue weighted by Gasteiger charge is -2.51. The van der Waals surface area contributed by atoms with Crippen LogP contribution in [-0.4, -0.2) is 19.1 Å². The molecule has 2 aromatic carbocycles. The van der Waals surface area contributed by atoms with Gasteiger partial charge in [0.15, 0.2) is 0 Å². The minimum Gasteiger partial charge on any atom is -0.462 e. The molecule has 0 amide bonds. The van der Waals surface area contributed by atoms with E-state index in [1.165, 1.54) is 16.8 Å². The summed E-state index contributed by atoms with van der Waals surface area (Å²) in [5.41, 5.74) is 5.54. The van der Waals surface area contributed by atoms with Crippen molar-refractivity contribution in [2.75, 3.05) is 18.1 Å². The molecule has 0 fully saturated rings. The molecule has 0 aromatic heterocycles. The van der Waals surface area contributed by atoms with Crippen molar-refractivity contribution >= 4 is 34.9 Å². The van der Waals surface area contributed by atoms with Crippen molar-refractivity contribution in [1.29, 1.82) is 0 Å². The van der Waals surface area contributed by atoms with E-state index in [4.69, 9.17) is 27.9 Å². The molecule has 0 bridgehead atoms. The van der Waals surface area contributed by atoms with Crippen LogP contribution in [-0.2, 0) is 4.74 Å². The van der Waals surface area contributed by atoms with E-state index >= 15 is 0 Å². The van der Waals surface area contributed by atoms with E-state index in [-0.39, 0.29) is 17.9 Å². The summed E-state index contributed by atoms with van der Waals surface area (Å²) in [6.07, 6.45) is 11.3. The molecule has 6 rings (SSSR count). The molecule has 4 aliphatic rings. The van der Waals surface area contributed by atoms with Crippen molar-refractivity contribution in [3.63, 3.8) is 0 Å². The number of rotatable bonds is 3. The average molecular weight is 466 g/mol. The van der Waals surface area contributed by atoms with Gasteiger partial charge in [-0.05, 0) is 66.5 Å². The molecule has 2 heterocycles. The van der Waals surface area contributed by atoms with Gasteiger partial charge in [0.1, 0.15) is 0 Å². The van der Waals surface area contributed by atoms with E-state index in [1.807, 2.05) is 19.1 Å². The molecular formula is C27H25Cl2NO2. The van der Waals surface area contributed by atoms with Crippen LogP contribution in [0.15, 0.2) is 54.6 Å². The van der Waals surface area contributed by atoms with Crippen molar-refractivity contribution in [1.82, 2.24) is 0 Å². The van der Waals surface area contributed by atoms with Crippen molar-refractivity contribution in [2.45, 2.75) is 37.6 Å². The van der Waals surface area contributed by atoms with Crippen LogP contribution in [0, 0.1) is 11.8 Å². The summed E-state index contributed by atoms with van der Waals surface area (Å²) in [6, 6.07) is 10.3. The molecule has 3 nitrogen and oxygen atoms in total. The summed E-state index contributed by atoms with van der Waals surface area (Å²) >= 11 is 13.2. The van der Waals surface area contributed by atoms with Crippen molar-refractivity contribution in [3.05, 3.63) is 86.9 Å². The van der Waals surface area contributed by atoms with Crippen LogP contribution >= 0.6 is 23.2 Å². The number of fused-ring (bicyclic) bond motifs is 4. The van der Waals surface area contributed by atoms with Gasteiger partial charge in [-0.1, -0.05) is 59.6 Å². The zero-order valence-electron chi connectivity index (χ0n) is 17.9. The second-order valence-corrected chi connectivity index (χ2v) is 10.1. The highest BCUT2D eigenvalue weighted by molar-refractivity contribution is 6.42. The summed E-state index contributed by atoms with van der Waals surface area (Å²) in [5.74, 6) is 1.21. The normalized spacial score (nSPS) is 29.0. The standard InChI is InChI=1S/C27H25Cl2NO2/c1-2-32-27(31)16-12-21-17-7-3-6-15(17)14-30-25(20-10-5-11-23(28)24(20)29)19-9-4-8-18(19)22(13-16)26(21)30/h3-5,7-8,10-13,15,17-19,25H,2,6,9,14H2,1H3/t15-,17-,18+,19-,25+/m0/s1. The van der Waals surface area contributed by atoms with E-state index in [2.05, 4.69) is 47.4 Å². The van der Waals surface area contributed by atoms with Crippen molar-refractivity contribution < 1.29 is 9.53 Å². The maximum atomic E-state index is 12.7. The second kappa shape index (κ2) is 7.67. The van der Waals surface area contributed by atoms with E-state index in [9.17, 15) is 4.79 Å². The predicted octanol–water partition coefficient (Wildman–Crippen LogP) is 7.06. The van der Waals surface area contributed by atoms with Crippen molar-refractivity contribution in [3.8, 4) is 0 Å². The van der Waals surface area contributed by atoms with Gasteiger partial charge in [0.25, 0.3) is 0 Å². The second-order valence-electron chi connectivity index (χ2n) is 9.27. The molecule has 0 radical (unpaired) electrons. The number of nitrogens with zero attached hydrogens (tertiary/aromatic N) is 1. The molecule has 0 saturated carbocycles. The zero-order valence-corrected chi connectivity index (χ0v) is 19.4. The molecule has 0 spiro atoms. The Morgan fingerprint density at radius 1 is 1.06 bits per heavy atom. The number of hydrogen-bond donors (Lipinski definition) is 0. The number of anilines is 1. The van der Waals surface area contributed by atoms with Crippen LogP contribution < -0.4 is 4.90 Å². The summed E-state index contributed by atoms with van der Waals surface area (Å²) < 4.78 is 5.38. The largest absolute Gasteiger partial charge is 0.462 e. The first kappa shape index (κ1) is 20.4. The van der Waals surface area contributed by atoms with Gasteiger partial charge in [-0.15, -0.1) is 0 Å². The van der Waals surface area contributed by atoms with E-state index in [1.54, 1.807) is 0 Å². The number of halogens is 2. The molecule has 2 aliphatic carbocycles. The number of esters is 1. The Balaban J connectivity index is 1.58. The summed E-state index contributed by atoms with van der Waals surface area (Å²) in [4.78, 5) is 15.3. The van der Waals surface area contributed by atoms with Gasteiger partial charge in [-0.2, -0.15) is 0 Å². The number of hydrogen-bond acceptors (Lipinski definition) is 3. The molecule has 2 aliphatic heterocycles. The summed E-state index contributed by atoms with van der Waals surface area (Å²) in [5, 5.41) is 1.26. The lowest BCUT2D eigenvalue weighted by Crippen LogP contribution is -2.46. The Morgan fingerprint density at radius 3 is 2.62 bits per heavy atom. The molecule has 164 valence electrons. The van der Waals surface area contributed by atoms with E-state index in [0.717, 1.165) is 24.9 Å². The Kier molecular flexibility index (Phi) is 4.89. The summed E-state index contributed by atoms with van der Waals surface area (Å²) in [7, 11) is 0. The van der Waals surface area contributed by atoms with Crippen LogP contribution in [0.1, 0.15) is 64.7 Å². The monoisotopic (exact) mass is 465 g/mol. The first-order chi connectivity index (χ1) is 15.6. The molecule has 0 saturated heterocycles. The quantitative estimate of drug-likeness (QED) is 0.358. The van der Waals surface area contributed by atoms with E-state index in [0.29, 0.717) is 40.0 Å². The average Bonchev–Trinajstić information content (AvgIpc) is 3.46. The lowest BCUT2D eigenvalue weighted by atomic mass is 9.70. The fourth-order valence-electron chi connectivity index (χ4n) is 6.41. The smallest absolute Gasteiger partial charge is 0.338 e. The topological polar surface area (TPSA) is 29.5 Å². The van der Waals surface area contributed by atoms with E-state index < -0.39 is 0 Å². The lowest BCUT2D eigenvalue weighted by molar-refractivity contribution is 0.0526. The number of benzene rings is 2. The highest BCUT2D eigenvalue weighted by Crippen LogP contribution is 2.59. The minimum atomic E-state index is -0.235. The summed E-state index contributed by atoms with van der Waals surface area (Å²) in [6.45, 7) is 3.21. The molecule has 5 atom stereocenters. The predicted molar refractivity (Wildman–Crippen MR) is 129 cm³/mol. The van der Waals surface area contributed by atoms with Crippen LogP contribution in [0.3, 0.4) is 0 Å². The molecule has 5 heteroatoms. The Morgan fingerprint density at radius 2 is 1.81 bits per heavy atom. The third-order valence-electron chi connectivity index (χ3n) is 7.66. The highest BCUT2D eigenvalue weighted by atomic mass is 35.5. The van der Waals surface area contributed by atoms with Gasteiger partial charge >= 0.3 is 5.97 Å². The molecule has 32 heavy (non-hydrogen) atoms. The highest BCUT2D eigenvalue weighted by Gasteiger charge is 2.48. The first-order valence-corrected chi connectivity index (χ1v) is 12.2. The van der Waals surface area contributed by atoms with Gasteiger partial charge < -0.3 is 9.64 Å². The fourth-order valence-corrected chi connectivity index (χ4v) is 6.83. The molecule has 2 aromatic rings. The fraction of sp³-hybridized carbons (Fsp3) is 0.370. The SMILES string of the molecule is CCOC(=O)c1cc2c3c(c1)[C@@H]1C=CC[C@@H]1[C@H](c1cccc(Cl)c1Cl)N3C[C@@H]1CC=C[C@H]21. The van der Waals surface area contributed by atoms with Crippen LogP contribution in [0.4, 0.5) is 5.69 Å². The molecule has 0 N–H and O–H groups in total. The maximum Gasteiger partial charge on any atom is 0.338 e. The van der Waals surface area contributed by atoms with Gasteiger partial charge in [0, 0.05) is 24.1 Å². The van der Waals surface area contributed by atoms with Crippen LogP contribution in [0.2, 0.25) is 10.0 Å². The van der Waals surface area contributed by atoms with Crippen molar-refractivity contribution in [2.24, 2.45) is 11.8 Å². The minimum absolute atomic E-state index is 0.155.